The van der Waals surface area contributed by atoms with Gasteiger partial charge < -0.3 is 15.4 Å². The molecule has 0 saturated carbocycles. The van der Waals surface area contributed by atoms with Crippen molar-refractivity contribution >= 4 is 15.9 Å². The first-order valence-electron chi connectivity index (χ1n) is 5.89. The molecular formula is C11H22N2O4S. The Labute approximate surface area is 108 Å². The van der Waals surface area contributed by atoms with Crippen molar-refractivity contribution in [3.8, 4) is 0 Å². The molecule has 6 nitrogen and oxygen atoms in total. The Morgan fingerprint density at radius 3 is 2.39 bits per heavy atom. The molecule has 18 heavy (non-hydrogen) atoms. The van der Waals surface area contributed by atoms with Crippen molar-refractivity contribution in [1.29, 1.82) is 0 Å². The Bertz CT molecular complexity index is 413. The zero-order chi connectivity index (χ0) is 14.1. The molecule has 1 saturated heterocycles. The predicted octanol–water partition coefficient (Wildman–Crippen LogP) is 0.225. The molecule has 0 aromatic heterocycles. The van der Waals surface area contributed by atoms with Crippen molar-refractivity contribution in [1.82, 2.24) is 4.90 Å². The van der Waals surface area contributed by atoms with Gasteiger partial charge in [-0.1, -0.05) is 0 Å². The fourth-order valence-electron chi connectivity index (χ4n) is 1.94. The molecule has 0 aromatic rings. The van der Waals surface area contributed by atoms with Crippen LogP contribution in [0, 0.1) is 5.92 Å². The fraction of sp³-hybridized carbons (Fsp3) is 0.909. The standard InChI is InChI=1S/C11H22N2O4S/c1-11(2,3)17-10(14)13-5-8(9(12)6-13)7-18(4,15)16/h8-9H,5-7,12H2,1-4H3. The number of sulfone groups is 1. The Kier molecular flexibility index (Phi) is 4.27. The highest BCUT2D eigenvalue weighted by atomic mass is 32.2. The van der Waals surface area contributed by atoms with Crippen LogP contribution in [0.25, 0.3) is 0 Å². The maximum Gasteiger partial charge on any atom is 0.410 e. The first kappa shape index (κ1) is 15.2. The van der Waals surface area contributed by atoms with Gasteiger partial charge in [0.15, 0.2) is 0 Å². The molecule has 106 valence electrons. The molecule has 0 aliphatic carbocycles. The third-order valence-corrected chi connectivity index (χ3v) is 3.69. The van der Waals surface area contributed by atoms with E-state index >= 15 is 0 Å². The molecule has 2 unspecified atom stereocenters. The second-order valence-corrected chi connectivity index (χ2v) is 8.09. The number of carbonyl (C=O) groups is 1. The summed E-state index contributed by atoms with van der Waals surface area (Å²) in [5.74, 6) is -0.208. The van der Waals surface area contributed by atoms with E-state index in [4.69, 9.17) is 10.5 Å². The van der Waals surface area contributed by atoms with Crippen LogP contribution >= 0.6 is 0 Å². The first-order valence-corrected chi connectivity index (χ1v) is 7.95. The van der Waals surface area contributed by atoms with Gasteiger partial charge in [-0.05, 0) is 20.8 Å². The number of likely N-dealkylation sites (tertiary alicyclic amines) is 1. The Hall–Kier alpha value is -0.820. The minimum Gasteiger partial charge on any atom is -0.444 e. The highest BCUT2D eigenvalue weighted by Gasteiger charge is 2.36. The Morgan fingerprint density at radius 2 is 1.94 bits per heavy atom. The van der Waals surface area contributed by atoms with E-state index in [1.54, 1.807) is 20.8 Å². The number of carbonyl (C=O) groups excluding carboxylic acids is 1. The molecule has 1 amide bonds. The largest absolute Gasteiger partial charge is 0.444 e. The van der Waals surface area contributed by atoms with Crippen molar-refractivity contribution in [2.24, 2.45) is 11.7 Å². The van der Waals surface area contributed by atoms with E-state index in [1.807, 2.05) is 0 Å². The van der Waals surface area contributed by atoms with Gasteiger partial charge in [0.1, 0.15) is 15.4 Å². The lowest BCUT2D eigenvalue weighted by atomic mass is 10.1. The summed E-state index contributed by atoms with van der Waals surface area (Å²) >= 11 is 0. The van der Waals surface area contributed by atoms with Crippen LogP contribution in [0.15, 0.2) is 0 Å². The number of nitrogens with two attached hydrogens (primary N) is 1. The summed E-state index contributed by atoms with van der Waals surface area (Å²) in [4.78, 5) is 13.3. The molecule has 1 rings (SSSR count). The third-order valence-electron chi connectivity index (χ3n) is 2.66. The maximum absolute atomic E-state index is 11.8. The van der Waals surface area contributed by atoms with Crippen LogP contribution in [-0.2, 0) is 14.6 Å². The predicted molar refractivity (Wildman–Crippen MR) is 69.0 cm³/mol. The normalized spacial score (nSPS) is 25.3. The van der Waals surface area contributed by atoms with Gasteiger partial charge in [0, 0.05) is 31.3 Å². The minimum atomic E-state index is -3.08. The molecule has 2 N–H and O–H groups in total. The van der Waals surface area contributed by atoms with Gasteiger partial charge in [-0.2, -0.15) is 0 Å². The summed E-state index contributed by atoms with van der Waals surface area (Å²) in [5.41, 5.74) is 5.30. The van der Waals surface area contributed by atoms with Crippen molar-refractivity contribution in [3.63, 3.8) is 0 Å². The Morgan fingerprint density at radius 1 is 1.39 bits per heavy atom. The van der Waals surface area contributed by atoms with Gasteiger partial charge in [0.2, 0.25) is 0 Å². The van der Waals surface area contributed by atoms with Crippen LogP contribution in [0.1, 0.15) is 20.8 Å². The van der Waals surface area contributed by atoms with Gasteiger partial charge in [-0.3, -0.25) is 0 Å². The molecule has 0 spiro atoms. The second-order valence-electron chi connectivity index (χ2n) is 5.90. The number of ether oxygens (including phenoxy) is 1. The lowest BCUT2D eigenvalue weighted by Gasteiger charge is -2.24. The summed E-state index contributed by atoms with van der Waals surface area (Å²) in [6.07, 6.45) is 0.740. The first-order chi connectivity index (χ1) is 7.98. The van der Waals surface area contributed by atoms with E-state index in [0.29, 0.717) is 13.1 Å². The quantitative estimate of drug-likeness (QED) is 0.780. The van der Waals surface area contributed by atoms with Gasteiger partial charge >= 0.3 is 6.09 Å². The van der Waals surface area contributed by atoms with E-state index in [2.05, 4.69) is 0 Å². The van der Waals surface area contributed by atoms with E-state index in [1.165, 1.54) is 11.2 Å². The van der Waals surface area contributed by atoms with E-state index in [-0.39, 0.29) is 17.7 Å². The van der Waals surface area contributed by atoms with Gasteiger partial charge in [-0.25, -0.2) is 13.2 Å². The fourth-order valence-corrected chi connectivity index (χ4v) is 3.07. The molecule has 0 bridgehead atoms. The van der Waals surface area contributed by atoms with E-state index in [0.717, 1.165) is 0 Å². The molecule has 1 aliphatic heterocycles. The van der Waals surface area contributed by atoms with E-state index in [9.17, 15) is 13.2 Å². The molecule has 7 heteroatoms. The summed E-state index contributed by atoms with van der Waals surface area (Å²) in [6, 6.07) is -0.313. The van der Waals surface area contributed by atoms with Crippen LogP contribution in [0.2, 0.25) is 0 Å². The highest BCUT2D eigenvalue weighted by molar-refractivity contribution is 7.90. The average Bonchev–Trinajstić information content (AvgIpc) is 2.42. The number of rotatable bonds is 2. The zero-order valence-corrected chi connectivity index (χ0v) is 12.2. The number of nitrogens with zero attached hydrogens (tertiary/aromatic N) is 1. The number of amides is 1. The molecule has 0 radical (unpaired) electrons. The van der Waals surface area contributed by atoms with E-state index < -0.39 is 21.5 Å². The monoisotopic (exact) mass is 278 g/mol. The van der Waals surface area contributed by atoms with Gasteiger partial charge in [-0.15, -0.1) is 0 Å². The molecular weight excluding hydrogens is 256 g/mol. The SMILES string of the molecule is CC(C)(C)OC(=O)N1CC(N)C(CS(C)(=O)=O)C1. The second kappa shape index (κ2) is 5.05. The topological polar surface area (TPSA) is 89.7 Å². The minimum absolute atomic E-state index is 0.00741. The summed E-state index contributed by atoms with van der Waals surface area (Å²) in [5, 5.41) is 0. The molecule has 1 heterocycles. The average molecular weight is 278 g/mol. The van der Waals surface area contributed by atoms with Crippen LogP contribution in [0.4, 0.5) is 4.79 Å². The van der Waals surface area contributed by atoms with Crippen molar-refractivity contribution in [2.45, 2.75) is 32.4 Å². The van der Waals surface area contributed by atoms with Gasteiger partial charge in [0.25, 0.3) is 0 Å². The van der Waals surface area contributed by atoms with Crippen molar-refractivity contribution in [2.75, 3.05) is 25.1 Å². The Balaban J connectivity index is 2.61. The number of hydrogen-bond acceptors (Lipinski definition) is 5. The molecule has 1 aliphatic rings. The lowest BCUT2D eigenvalue weighted by molar-refractivity contribution is 0.0288. The molecule has 0 aromatic carbocycles. The lowest BCUT2D eigenvalue weighted by Crippen LogP contribution is -2.36. The maximum atomic E-state index is 11.8. The highest BCUT2D eigenvalue weighted by Crippen LogP contribution is 2.20. The summed E-state index contributed by atoms with van der Waals surface area (Å²) in [6.45, 7) is 6.04. The van der Waals surface area contributed by atoms with Crippen LogP contribution in [0.5, 0.6) is 0 Å². The van der Waals surface area contributed by atoms with Crippen LogP contribution < -0.4 is 5.73 Å². The van der Waals surface area contributed by atoms with Crippen LogP contribution in [-0.4, -0.2) is 56.2 Å². The van der Waals surface area contributed by atoms with Crippen LogP contribution in [0.3, 0.4) is 0 Å². The number of hydrogen-bond donors (Lipinski definition) is 1. The van der Waals surface area contributed by atoms with Gasteiger partial charge in [0.05, 0.1) is 5.75 Å². The van der Waals surface area contributed by atoms with Crippen molar-refractivity contribution < 1.29 is 17.9 Å². The molecule has 2 atom stereocenters. The molecule has 1 fully saturated rings. The smallest absolute Gasteiger partial charge is 0.410 e. The zero-order valence-electron chi connectivity index (χ0n) is 11.3. The third kappa shape index (κ3) is 4.81. The summed E-state index contributed by atoms with van der Waals surface area (Å²) < 4.78 is 27.7. The van der Waals surface area contributed by atoms with Crippen molar-refractivity contribution in [3.05, 3.63) is 0 Å². The summed E-state index contributed by atoms with van der Waals surface area (Å²) in [7, 11) is -3.08.